The van der Waals surface area contributed by atoms with E-state index in [1.165, 1.54) is 49.7 Å². The molecule has 3 nitrogen and oxygen atoms in total. The number of aryl methyl sites for hydroxylation is 1. The van der Waals surface area contributed by atoms with Gasteiger partial charge in [-0.25, -0.2) is 0 Å². The van der Waals surface area contributed by atoms with Crippen molar-refractivity contribution in [1.29, 1.82) is 0 Å². The Morgan fingerprint density at radius 2 is 0.692 bits per heavy atom. The first-order valence-corrected chi connectivity index (χ1v) is 22.5. The van der Waals surface area contributed by atoms with Crippen LogP contribution in [0.3, 0.4) is 0 Å². The van der Waals surface area contributed by atoms with Crippen LogP contribution in [0.15, 0.2) is 243 Å². The summed E-state index contributed by atoms with van der Waals surface area (Å²) in [7, 11) is 0. The number of rotatable bonds is 10. The summed E-state index contributed by atoms with van der Waals surface area (Å²) in [5, 5.41) is 2.38. The van der Waals surface area contributed by atoms with E-state index in [0.717, 1.165) is 51.2 Å². The SMILES string of the molecule is Cc1cccc2c1-c1ccc(-c3ccc4cc(N(c5ccccc5)c5cc(N(c6ccccc6)c6ccccc6)cc(N(c6ccccc6)c6ccccc6)c5)ccc4c3)cc1C2(C)C. The van der Waals surface area contributed by atoms with Gasteiger partial charge in [-0.3, -0.25) is 0 Å². The zero-order valence-corrected chi connectivity index (χ0v) is 36.9. The van der Waals surface area contributed by atoms with E-state index in [1.807, 2.05) is 0 Å². The van der Waals surface area contributed by atoms with Gasteiger partial charge in [-0.15, -0.1) is 0 Å². The van der Waals surface area contributed by atoms with Crippen LogP contribution in [-0.4, -0.2) is 0 Å². The normalized spacial score (nSPS) is 12.4. The highest BCUT2D eigenvalue weighted by molar-refractivity contribution is 5.95. The van der Waals surface area contributed by atoms with Crippen LogP contribution in [-0.2, 0) is 5.41 Å². The largest absolute Gasteiger partial charge is 0.310 e. The van der Waals surface area contributed by atoms with Crippen molar-refractivity contribution in [2.24, 2.45) is 0 Å². The Kier molecular flexibility index (Phi) is 10.1. The Hall–Kier alpha value is -8.14. The number of fused-ring (bicyclic) bond motifs is 4. The lowest BCUT2D eigenvalue weighted by Crippen LogP contribution is -2.16. The summed E-state index contributed by atoms with van der Waals surface area (Å²) in [6, 6.07) is 88.0. The maximum atomic E-state index is 2.42. The predicted octanol–water partition coefficient (Wildman–Crippen LogP) is 17.5. The fourth-order valence-electron chi connectivity index (χ4n) is 9.90. The first kappa shape index (κ1) is 39.7. The predicted molar refractivity (Wildman–Crippen MR) is 276 cm³/mol. The lowest BCUT2D eigenvalue weighted by molar-refractivity contribution is 0.660. The van der Waals surface area contributed by atoms with Crippen LogP contribution in [0.25, 0.3) is 33.0 Å². The molecule has 1 aliphatic rings. The highest BCUT2D eigenvalue weighted by Gasteiger charge is 2.36. The van der Waals surface area contributed by atoms with E-state index in [0.29, 0.717) is 0 Å². The standard InChI is InChI=1S/C62H49N3/c1-44-20-19-31-59-61(44)58-37-35-48(40-60(58)62(59,2)3)45-32-33-47-39-54(36-34-46(47)38-45)65(53-29-17-8-18-30-53)57-42-55(63(49-21-9-4-10-22-49)50-23-11-5-12-24-50)41-56(43-57)64(51-25-13-6-14-26-51)52-27-15-7-16-28-52/h4-43H,1-3H3. The summed E-state index contributed by atoms with van der Waals surface area (Å²) in [5.74, 6) is 0. The van der Waals surface area contributed by atoms with Crippen LogP contribution in [0.1, 0.15) is 30.5 Å². The molecule has 0 spiro atoms. The minimum atomic E-state index is -0.0606. The average molecular weight is 836 g/mol. The molecule has 11 rings (SSSR count). The quantitative estimate of drug-likeness (QED) is 0.136. The molecular formula is C62H49N3. The second kappa shape index (κ2) is 16.5. The fraction of sp³-hybridized carbons (Fsp3) is 0.0645. The van der Waals surface area contributed by atoms with Gasteiger partial charge in [0.15, 0.2) is 0 Å². The van der Waals surface area contributed by atoms with Crippen LogP contribution in [0.2, 0.25) is 0 Å². The molecule has 0 aliphatic heterocycles. The van der Waals surface area contributed by atoms with Crippen molar-refractivity contribution in [2.45, 2.75) is 26.2 Å². The molecule has 0 heterocycles. The van der Waals surface area contributed by atoms with Gasteiger partial charge >= 0.3 is 0 Å². The first-order chi connectivity index (χ1) is 31.9. The summed E-state index contributed by atoms with van der Waals surface area (Å²) in [5.41, 5.74) is 18.9. The van der Waals surface area contributed by atoms with E-state index >= 15 is 0 Å². The van der Waals surface area contributed by atoms with Gasteiger partial charge in [0, 0.05) is 39.5 Å². The maximum absolute atomic E-state index is 2.42. The third-order valence-corrected chi connectivity index (χ3v) is 13.1. The molecule has 1 aliphatic carbocycles. The van der Waals surface area contributed by atoms with Crippen molar-refractivity contribution in [2.75, 3.05) is 14.7 Å². The number of hydrogen-bond donors (Lipinski definition) is 0. The van der Waals surface area contributed by atoms with E-state index in [-0.39, 0.29) is 5.41 Å². The van der Waals surface area contributed by atoms with Crippen molar-refractivity contribution < 1.29 is 0 Å². The molecule has 0 aromatic heterocycles. The number of anilines is 9. The second-order valence-electron chi connectivity index (χ2n) is 17.5. The van der Waals surface area contributed by atoms with Gasteiger partial charge in [0.25, 0.3) is 0 Å². The Morgan fingerprint density at radius 1 is 0.292 bits per heavy atom. The van der Waals surface area contributed by atoms with Gasteiger partial charge in [-0.2, -0.15) is 0 Å². The monoisotopic (exact) mass is 835 g/mol. The molecular weight excluding hydrogens is 787 g/mol. The van der Waals surface area contributed by atoms with Crippen molar-refractivity contribution >= 4 is 62.0 Å². The van der Waals surface area contributed by atoms with Crippen LogP contribution in [0, 0.1) is 6.92 Å². The number of nitrogens with zero attached hydrogens (tertiary/aromatic N) is 3. The molecule has 0 saturated carbocycles. The van der Waals surface area contributed by atoms with Gasteiger partial charge in [0.2, 0.25) is 0 Å². The smallest absolute Gasteiger partial charge is 0.0503 e. The topological polar surface area (TPSA) is 9.72 Å². The summed E-state index contributed by atoms with van der Waals surface area (Å²) >= 11 is 0. The van der Waals surface area contributed by atoms with Crippen LogP contribution >= 0.6 is 0 Å². The highest BCUT2D eigenvalue weighted by atomic mass is 15.2. The van der Waals surface area contributed by atoms with Gasteiger partial charge < -0.3 is 14.7 Å². The van der Waals surface area contributed by atoms with E-state index in [9.17, 15) is 0 Å². The zero-order chi connectivity index (χ0) is 43.9. The molecule has 3 heteroatoms. The molecule has 312 valence electrons. The Bertz CT molecular complexity index is 3110. The van der Waals surface area contributed by atoms with Crippen molar-refractivity contribution in [3.8, 4) is 22.3 Å². The molecule has 10 aromatic carbocycles. The van der Waals surface area contributed by atoms with E-state index in [2.05, 4.69) is 278 Å². The zero-order valence-electron chi connectivity index (χ0n) is 36.9. The number of para-hydroxylation sites is 5. The molecule has 0 atom stereocenters. The van der Waals surface area contributed by atoms with Gasteiger partial charge in [0.1, 0.15) is 0 Å². The van der Waals surface area contributed by atoms with Gasteiger partial charge in [0.05, 0.1) is 17.1 Å². The van der Waals surface area contributed by atoms with Gasteiger partial charge in [-0.1, -0.05) is 153 Å². The summed E-state index contributed by atoms with van der Waals surface area (Å²) in [6.45, 7) is 6.96. The minimum absolute atomic E-state index is 0.0606. The molecule has 0 bridgehead atoms. The van der Waals surface area contributed by atoms with Crippen molar-refractivity contribution in [3.63, 3.8) is 0 Å². The van der Waals surface area contributed by atoms with Crippen molar-refractivity contribution in [3.05, 3.63) is 259 Å². The molecule has 0 unspecified atom stereocenters. The van der Waals surface area contributed by atoms with Crippen LogP contribution in [0.4, 0.5) is 51.2 Å². The molecule has 65 heavy (non-hydrogen) atoms. The van der Waals surface area contributed by atoms with Crippen LogP contribution in [0.5, 0.6) is 0 Å². The lowest BCUT2D eigenvalue weighted by atomic mass is 9.81. The second-order valence-corrected chi connectivity index (χ2v) is 17.5. The molecule has 0 amide bonds. The molecule has 0 saturated heterocycles. The summed E-state index contributed by atoms with van der Waals surface area (Å²) in [4.78, 5) is 7.10. The highest BCUT2D eigenvalue weighted by Crippen LogP contribution is 2.51. The number of benzene rings is 10. The molecule has 0 radical (unpaired) electrons. The molecule has 0 fully saturated rings. The summed E-state index contributed by atoms with van der Waals surface area (Å²) in [6.07, 6.45) is 0. The minimum Gasteiger partial charge on any atom is -0.310 e. The average Bonchev–Trinajstić information content (AvgIpc) is 3.59. The maximum Gasteiger partial charge on any atom is 0.0503 e. The summed E-state index contributed by atoms with van der Waals surface area (Å²) < 4.78 is 0. The third-order valence-electron chi connectivity index (χ3n) is 13.1. The van der Waals surface area contributed by atoms with E-state index in [1.54, 1.807) is 0 Å². The molecule has 10 aromatic rings. The van der Waals surface area contributed by atoms with Crippen LogP contribution < -0.4 is 14.7 Å². The lowest BCUT2D eigenvalue weighted by Gasteiger charge is -2.33. The van der Waals surface area contributed by atoms with E-state index < -0.39 is 0 Å². The van der Waals surface area contributed by atoms with E-state index in [4.69, 9.17) is 0 Å². The Balaban J connectivity index is 1.07. The van der Waals surface area contributed by atoms with Crippen molar-refractivity contribution in [1.82, 2.24) is 0 Å². The third kappa shape index (κ3) is 7.31. The fourth-order valence-corrected chi connectivity index (χ4v) is 9.90. The first-order valence-electron chi connectivity index (χ1n) is 22.5. The van der Waals surface area contributed by atoms with Gasteiger partial charge in [-0.05, 0) is 160 Å². The molecule has 0 N–H and O–H groups in total. The Morgan fingerprint density at radius 3 is 1.17 bits per heavy atom. The Labute approximate surface area is 382 Å². The number of hydrogen-bond acceptors (Lipinski definition) is 3.